The summed E-state index contributed by atoms with van der Waals surface area (Å²) in [6.07, 6.45) is 1.57. The molecular formula is C25H27N3O4. The molecular weight excluding hydrogens is 406 g/mol. The van der Waals surface area contributed by atoms with E-state index in [1.54, 1.807) is 31.3 Å². The van der Waals surface area contributed by atoms with Gasteiger partial charge in [-0.1, -0.05) is 30.3 Å². The van der Waals surface area contributed by atoms with Gasteiger partial charge in [-0.2, -0.15) is 0 Å². The third kappa shape index (κ3) is 4.57. The summed E-state index contributed by atoms with van der Waals surface area (Å²) in [4.78, 5) is 33.9. The first-order chi connectivity index (χ1) is 15.6. The van der Waals surface area contributed by atoms with Crippen LogP contribution in [0.2, 0.25) is 0 Å². The van der Waals surface area contributed by atoms with Gasteiger partial charge in [-0.25, -0.2) is 9.59 Å². The largest absolute Gasteiger partial charge is 0.465 e. The maximum Gasteiger partial charge on any atom is 0.341 e. The predicted octanol–water partition coefficient (Wildman–Crippen LogP) is 3.52. The van der Waals surface area contributed by atoms with Crippen LogP contribution in [0.15, 0.2) is 54.7 Å². The number of piperazine rings is 1. The molecule has 0 atom stereocenters. The fraction of sp³-hybridized carbons (Fsp3) is 0.320. The SMILES string of the molecule is CCOC(=O)c1cnc2ccc(C(=O)OC)cc2c1N1CCN(Cc2ccccc2)CC1. The number of nitrogens with zero attached hydrogens (tertiary/aromatic N) is 3. The number of rotatable bonds is 6. The van der Waals surface area contributed by atoms with Crippen LogP contribution in [0.5, 0.6) is 0 Å². The number of benzene rings is 2. The standard InChI is InChI=1S/C25H27N3O4/c1-3-32-25(30)21-16-26-22-10-9-19(24(29)31-2)15-20(22)23(21)28-13-11-27(12-14-28)17-18-7-5-4-6-8-18/h4-10,15-16H,3,11-14,17H2,1-2H3. The van der Waals surface area contributed by atoms with Gasteiger partial charge in [0, 0.05) is 44.3 Å². The number of hydrogen-bond donors (Lipinski definition) is 0. The zero-order valence-corrected chi connectivity index (χ0v) is 18.4. The minimum absolute atomic E-state index is 0.281. The van der Waals surface area contributed by atoms with Gasteiger partial charge in [0.1, 0.15) is 5.56 Å². The van der Waals surface area contributed by atoms with Gasteiger partial charge in [-0.05, 0) is 30.7 Å². The molecule has 2 aromatic carbocycles. The van der Waals surface area contributed by atoms with Gasteiger partial charge in [0.25, 0.3) is 0 Å². The van der Waals surface area contributed by atoms with Crippen molar-refractivity contribution in [2.45, 2.75) is 13.5 Å². The molecule has 1 aliphatic rings. The first-order valence-electron chi connectivity index (χ1n) is 10.8. The Balaban J connectivity index is 1.66. The van der Waals surface area contributed by atoms with Gasteiger partial charge in [0.2, 0.25) is 0 Å². The van der Waals surface area contributed by atoms with Crippen molar-refractivity contribution in [2.75, 3.05) is 44.8 Å². The predicted molar refractivity (Wildman–Crippen MR) is 123 cm³/mol. The Bertz CT molecular complexity index is 1110. The van der Waals surface area contributed by atoms with E-state index in [0.29, 0.717) is 16.6 Å². The van der Waals surface area contributed by atoms with Crippen molar-refractivity contribution in [3.8, 4) is 0 Å². The minimum atomic E-state index is -0.424. The Morgan fingerprint density at radius 3 is 2.44 bits per heavy atom. The number of carbonyl (C=O) groups excluding carboxylic acids is 2. The number of pyridine rings is 1. The molecule has 0 bridgehead atoms. The molecule has 0 N–H and O–H groups in total. The highest BCUT2D eigenvalue weighted by Crippen LogP contribution is 2.32. The Morgan fingerprint density at radius 1 is 1.00 bits per heavy atom. The van der Waals surface area contributed by atoms with Crippen molar-refractivity contribution in [3.63, 3.8) is 0 Å². The lowest BCUT2D eigenvalue weighted by atomic mass is 10.0. The number of esters is 2. The molecule has 4 rings (SSSR count). The highest BCUT2D eigenvalue weighted by molar-refractivity contribution is 6.07. The molecule has 3 aromatic rings. The first kappa shape index (κ1) is 21.8. The van der Waals surface area contributed by atoms with Crippen LogP contribution in [0.1, 0.15) is 33.2 Å². The maximum absolute atomic E-state index is 12.7. The second-order valence-electron chi connectivity index (χ2n) is 7.71. The van der Waals surface area contributed by atoms with Crippen LogP contribution in [-0.4, -0.2) is 61.7 Å². The van der Waals surface area contributed by atoms with Gasteiger partial charge >= 0.3 is 11.9 Å². The lowest BCUT2D eigenvalue weighted by molar-refractivity contribution is 0.0525. The van der Waals surface area contributed by atoms with Crippen LogP contribution < -0.4 is 4.90 Å². The van der Waals surface area contributed by atoms with Crippen molar-refractivity contribution >= 4 is 28.5 Å². The fourth-order valence-corrected chi connectivity index (χ4v) is 4.09. The quantitative estimate of drug-likeness (QED) is 0.551. The van der Waals surface area contributed by atoms with Crippen molar-refractivity contribution in [1.29, 1.82) is 0 Å². The molecule has 32 heavy (non-hydrogen) atoms. The summed E-state index contributed by atoms with van der Waals surface area (Å²) in [5.41, 5.74) is 3.60. The number of aromatic nitrogens is 1. The third-order valence-electron chi connectivity index (χ3n) is 5.69. The van der Waals surface area contributed by atoms with Gasteiger partial charge in [-0.3, -0.25) is 9.88 Å². The van der Waals surface area contributed by atoms with Crippen molar-refractivity contribution < 1.29 is 19.1 Å². The highest BCUT2D eigenvalue weighted by atomic mass is 16.5. The second-order valence-corrected chi connectivity index (χ2v) is 7.71. The van der Waals surface area contributed by atoms with Crippen molar-refractivity contribution in [1.82, 2.24) is 9.88 Å². The molecule has 0 unspecified atom stereocenters. The van der Waals surface area contributed by atoms with Crippen LogP contribution >= 0.6 is 0 Å². The lowest BCUT2D eigenvalue weighted by Gasteiger charge is -2.37. The van der Waals surface area contributed by atoms with Crippen LogP contribution in [-0.2, 0) is 16.0 Å². The number of ether oxygens (including phenoxy) is 2. The molecule has 0 saturated carbocycles. The Labute approximate surface area is 187 Å². The van der Waals surface area contributed by atoms with E-state index in [-0.39, 0.29) is 6.61 Å². The summed E-state index contributed by atoms with van der Waals surface area (Å²) in [6, 6.07) is 15.6. The zero-order valence-electron chi connectivity index (χ0n) is 18.4. The normalized spacial score (nSPS) is 14.4. The van der Waals surface area contributed by atoms with E-state index >= 15 is 0 Å². The van der Waals surface area contributed by atoms with Gasteiger partial charge in [0.15, 0.2) is 0 Å². The van der Waals surface area contributed by atoms with Gasteiger partial charge in [-0.15, -0.1) is 0 Å². The average molecular weight is 434 g/mol. The van der Waals surface area contributed by atoms with Crippen LogP contribution in [0.25, 0.3) is 10.9 Å². The van der Waals surface area contributed by atoms with E-state index in [2.05, 4.69) is 39.0 Å². The van der Waals surface area contributed by atoms with E-state index in [1.807, 2.05) is 6.07 Å². The topological polar surface area (TPSA) is 72.0 Å². The van der Waals surface area contributed by atoms with Gasteiger partial charge < -0.3 is 14.4 Å². The molecule has 2 heterocycles. The minimum Gasteiger partial charge on any atom is -0.465 e. The van der Waals surface area contributed by atoms with Crippen LogP contribution in [0, 0.1) is 0 Å². The number of methoxy groups -OCH3 is 1. The molecule has 1 aliphatic heterocycles. The summed E-state index contributed by atoms with van der Waals surface area (Å²) in [7, 11) is 1.35. The maximum atomic E-state index is 12.7. The molecule has 0 spiro atoms. The average Bonchev–Trinajstić information content (AvgIpc) is 2.84. The number of anilines is 1. The molecule has 1 saturated heterocycles. The number of hydrogen-bond acceptors (Lipinski definition) is 7. The van der Waals surface area contributed by atoms with Crippen molar-refractivity contribution in [3.05, 3.63) is 71.4 Å². The molecule has 7 heteroatoms. The molecule has 166 valence electrons. The van der Waals surface area contributed by atoms with E-state index < -0.39 is 11.9 Å². The zero-order chi connectivity index (χ0) is 22.5. The Hall–Kier alpha value is -3.45. The Kier molecular flexibility index (Phi) is 6.66. The van der Waals surface area contributed by atoms with Crippen LogP contribution in [0.4, 0.5) is 5.69 Å². The van der Waals surface area contributed by atoms with Gasteiger partial charge in [0.05, 0.1) is 30.5 Å². The number of carbonyl (C=O) groups is 2. The summed E-state index contributed by atoms with van der Waals surface area (Å²) in [5.74, 6) is -0.834. The highest BCUT2D eigenvalue weighted by Gasteiger charge is 2.25. The Morgan fingerprint density at radius 2 is 1.75 bits per heavy atom. The second kappa shape index (κ2) is 9.78. The fourth-order valence-electron chi connectivity index (χ4n) is 4.09. The monoisotopic (exact) mass is 433 g/mol. The lowest BCUT2D eigenvalue weighted by Crippen LogP contribution is -2.46. The van der Waals surface area contributed by atoms with Crippen LogP contribution in [0.3, 0.4) is 0 Å². The smallest absolute Gasteiger partial charge is 0.341 e. The van der Waals surface area contributed by atoms with E-state index in [4.69, 9.17) is 9.47 Å². The molecule has 1 fully saturated rings. The molecule has 0 amide bonds. The summed E-state index contributed by atoms with van der Waals surface area (Å²) >= 11 is 0. The number of fused-ring (bicyclic) bond motifs is 1. The van der Waals surface area contributed by atoms with Crippen molar-refractivity contribution in [2.24, 2.45) is 0 Å². The molecule has 7 nitrogen and oxygen atoms in total. The van der Waals surface area contributed by atoms with E-state index in [0.717, 1.165) is 43.8 Å². The molecule has 0 aliphatic carbocycles. The first-order valence-corrected chi connectivity index (χ1v) is 10.8. The molecule has 1 aromatic heterocycles. The van der Waals surface area contributed by atoms with E-state index in [1.165, 1.54) is 12.7 Å². The summed E-state index contributed by atoms with van der Waals surface area (Å²) < 4.78 is 10.2. The summed E-state index contributed by atoms with van der Waals surface area (Å²) in [5, 5.41) is 0.745. The molecule has 0 radical (unpaired) electrons. The summed E-state index contributed by atoms with van der Waals surface area (Å²) in [6.45, 7) is 6.17. The van der Waals surface area contributed by atoms with E-state index in [9.17, 15) is 9.59 Å². The third-order valence-corrected chi connectivity index (χ3v) is 5.69.